The normalized spacial score (nSPS) is 11.7. The van der Waals surface area contributed by atoms with Crippen LogP contribution in [0.5, 0.6) is 11.5 Å². The van der Waals surface area contributed by atoms with E-state index >= 15 is 0 Å². The fraction of sp³-hybridized carbons (Fsp3) is 0.136. The first-order valence-corrected chi connectivity index (χ1v) is 11.2. The zero-order valence-corrected chi connectivity index (χ0v) is 17.4. The standard InChI is InChI=1S/C22H17F2NO5S/c1-25-11-17(21-15(22(25)26)7-8-29-21)16-9-13(12-31(2,27)28)3-5-19(16)30-20-6-4-14(23)10-18(20)24/h3-11H,12H2,1-2H3. The number of pyridine rings is 1. The molecule has 0 aliphatic rings. The first kappa shape index (κ1) is 20.8. The molecule has 0 N–H and O–H groups in total. The van der Waals surface area contributed by atoms with E-state index in [4.69, 9.17) is 9.15 Å². The number of fused-ring (bicyclic) bond motifs is 1. The molecule has 2 heterocycles. The van der Waals surface area contributed by atoms with Crippen LogP contribution in [0.3, 0.4) is 0 Å². The first-order chi connectivity index (χ1) is 14.6. The van der Waals surface area contributed by atoms with Crippen LogP contribution in [-0.2, 0) is 22.6 Å². The van der Waals surface area contributed by atoms with Crippen LogP contribution in [0.4, 0.5) is 8.78 Å². The Morgan fingerprint density at radius 2 is 1.77 bits per heavy atom. The molecule has 2 aromatic carbocycles. The van der Waals surface area contributed by atoms with Crippen LogP contribution in [0.15, 0.2) is 64.1 Å². The van der Waals surface area contributed by atoms with E-state index in [1.54, 1.807) is 19.2 Å². The molecular formula is C22H17F2NO5S. The van der Waals surface area contributed by atoms with Crippen molar-refractivity contribution < 1.29 is 26.4 Å². The van der Waals surface area contributed by atoms with Crippen LogP contribution in [0.25, 0.3) is 22.1 Å². The van der Waals surface area contributed by atoms with E-state index < -0.39 is 21.5 Å². The molecule has 4 aromatic rings. The van der Waals surface area contributed by atoms with E-state index in [2.05, 4.69) is 0 Å². The molecule has 0 aliphatic heterocycles. The van der Waals surface area contributed by atoms with Gasteiger partial charge in [-0.25, -0.2) is 17.2 Å². The van der Waals surface area contributed by atoms with Gasteiger partial charge in [0.15, 0.2) is 21.4 Å². The van der Waals surface area contributed by atoms with E-state index in [1.165, 1.54) is 29.2 Å². The summed E-state index contributed by atoms with van der Waals surface area (Å²) in [6, 6.07) is 9.07. The average Bonchev–Trinajstić information content (AvgIpc) is 3.17. The molecule has 0 fully saturated rings. The predicted molar refractivity (Wildman–Crippen MR) is 112 cm³/mol. The van der Waals surface area contributed by atoms with E-state index in [-0.39, 0.29) is 28.4 Å². The van der Waals surface area contributed by atoms with Gasteiger partial charge in [0.05, 0.1) is 17.4 Å². The largest absolute Gasteiger partial charge is 0.463 e. The number of ether oxygens (including phenoxy) is 1. The van der Waals surface area contributed by atoms with Crippen LogP contribution >= 0.6 is 0 Å². The third kappa shape index (κ3) is 4.22. The zero-order valence-electron chi connectivity index (χ0n) is 16.6. The lowest BCUT2D eigenvalue weighted by molar-refractivity contribution is 0.439. The highest BCUT2D eigenvalue weighted by Gasteiger charge is 2.19. The van der Waals surface area contributed by atoms with Crippen LogP contribution in [0, 0.1) is 11.6 Å². The Kier molecular flexibility index (Phi) is 5.14. The maximum atomic E-state index is 14.2. The Balaban J connectivity index is 1.94. The molecule has 0 atom stereocenters. The van der Waals surface area contributed by atoms with Crippen LogP contribution in [0.1, 0.15) is 5.56 Å². The van der Waals surface area contributed by atoms with E-state index in [9.17, 15) is 22.0 Å². The number of hydrogen-bond donors (Lipinski definition) is 0. The molecule has 0 spiro atoms. The number of benzene rings is 2. The fourth-order valence-corrected chi connectivity index (χ4v) is 4.11. The van der Waals surface area contributed by atoms with Gasteiger partial charge in [0, 0.05) is 36.7 Å². The summed E-state index contributed by atoms with van der Waals surface area (Å²) < 4.78 is 63.6. The number of nitrogens with zero attached hydrogens (tertiary/aromatic N) is 1. The molecule has 0 aliphatic carbocycles. The average molecular weight is 445 g/mol. The van der Waals surface area contributed by atoms with Gasteiger partial charge in [0.25, 0.3) is 5.56 Å². The summed E-state index contributed by atoms with van der Waals surface area (Å²) in [5.74, 6) is -1.89. The summed E-state index contributed by atoms with van der Waals surface area (Å²) >= 11 is 0. The van der Waals surface area contributed by atoms with Gasteiger partial charge in [0.1, 0.15) is 17.1 Å². The Hall–Kier alpha value is -3.46. The Bertz CT molecular complexity index is 1470. The number of halogens is 2. The molecular weight excluding hydrogens is 428 g/mol. The number of aromatic nitrogens is 1. The van der Waals surface area contributed by atoms with Gasteiger partial charge < -0.3 is 13.7 Å². The van der Waals surface area contributed by atoms with Crippen LogP contribution in [-0.4, -0.2) is 19.2 Å². The highest BCUT2D eigenvalue weighted by Crippen LogP contribution is 2.38. The second-order valence-electron chi connectivity index (χ2n) is 7.20. The monoisotopic (exact) mass is 445 g/mol. The minimum Gasteiger partial charge on any atom is -0.463 e. The molecule has 4 rings (SSSR count). The third-order valence-electron chi connectivity index (χ3n) is 4.66. The lowest BCUT2D eigenvalue weighted by Gasteiger charge is -2.15. The van der Waals surface area contributed by atoms with Crippen molar-refractivity contribution in [3.05, 3.63) is 82.5 Å². The van der Waals surface area contributed by atoms with Crippen molar-refractivity contribution >= 4 is 20.8 Å². The Morgan fingerprint density at radius 3 is 2.48 bits per heavy atom. The highest BCUT2D eigenvalue weighted by atomic mass is 32.2. The van der Waals surface area contributed by atoms with Crippen molar-refractivity contribution in [1.82, 2.24) is 4.57 Å². The molecule has 0 unspecified atom stereocenters. The summed E-state index contributed by atoms with van der Waals surface area (Å²) in [7, 11) is -1.76. The summed E-state index contributed by atoms with van der Waals surface area (Å²) in [5, 5.41) is 0.326. The topological polar surface area (TPSA) is 78.5 Å². The first-order valence-electron chi connectivity index (χ1n) is 9.13. The number of aryl methyl sites for hydroxylation is 1. The maximum absolute atomic E-state index is 14.2. The zero-order chi connectivity index (χ0) is 22.3. The number of sulfone groups is 1. The summed E-state index contributed by atoms with van der Waals surface area (Å²) in [6.45, 7) is 0. The van der Waals surface area contributed by atoms with Crippen molar-refractivity contribution in [3.63, 3.8) is 0 Å². The van der Waals surface area contributed by atoms with Crippen LogP contribution < -0.4 is 10.3 Å². The molecule has 31 heavy (non-hydrogen) atoms. The minimum absolute atomic E-state index is 0.180. The Labute approximate surface area is 176 Å². The van der Waals surface area contributed by atoms with Crippen molar-refractivity contribution in [3.8, 4) is 22.6 Å². The van der Waals surface area contributed by atoms with Gasteiger partial charge in [0.2, 0.25) is 0 Å². The van der Waals surface area contributed by atoms with Gasteiger partial charge in [-0.05, 0) is 35.9 Å². The lowest BCUT2D eigenvalue weighted by atomic mass is 10.0. The van der Waals surface area contributed by atoms with Crippen LogP contribution in [0.2, 0.25) is 0 Å². The smallest absolute Gasteiger partial charge is 0.261 e. The predicted octanol–water partition coefficient (Wildman–Crippen LogP) is 4.41. The number of furan rings is 1. The highest BCUT2D eigenvalue weighted by molar-refractivity contribution is 7.89. The molecule has 6 nitrogen and oxygen atoms in total. The van der Waals surface area contributed by atoms with Crippen molar-refractivity contribution in [1.29, 1.82) is 0 Å². The molecule has 160 valence electrons. The van der Waals surface area contributed by atoms with Crippen molar-refractivity contribution in [2.75, 3.05) is 6.26 Å². The molecule has 2 aromatic heterocycles. The number of hydrogen-bond acceptors (Lipinski definition) is 5. The SMILES string of the molecule is Cn1cc(-c2cc(CS(C)(=O)=O)ccc2Oc2ccc(F)cc2F)c2occc2c1=O. The molecule has 0 saturated heterocycles. The summed E-state index contributed by atoms with van der Waals surface area (Å²) in [6.07, 6.45) is 4.01. The maximum Gasteiger partial charge on any atom is 0.261 e. The van der Waals surface area contributed by atoms with Crippen molar-refractivity contribution in [2.45, 2.75) is 5.75 Å². The second kappa shape index (κ2) is 7.66. The lowest BCUT2D eigenvalue weighted by Crippen LogP contribution is -2.15. The van der Waals surface area contributed by atoms with Gasteiger partial charge in [-0.3, -0.25) is 4.79 Å². The fourth-order valence-electron chi connectivity index (χ4n) is 3.32. The number of rotatable bonds is 5. The Morgan fingerprint density at radius 1 is 1.03 bits per heavy atom. The summed E-state index contributed by atoms with van der Waals surface area (Å²) in [4.78, 5) is 12.4. The third-order valence-corrected chi connectivity index (χ3v) is 5.52. The molecule has 0 saturated carbocycles. The van der Waals surface area contributed by atoms with Gasteiger partial charge >= 0.3 is 0 Å². The molecule has 0 amide bonds. The van der Waals surface area contributed by atoms with E-state index in [1.807, 2.05) is 0 Å². The minimum atomic E-state index is -3.33. The van der Waals surface area contributed by atoms with Gasteiger partial charge in [-0.1, -0.05) is 6.07 Å². The van der Waals surface area contributed by atoms with Crippen molar-refractivity contribution in [2.24, 2.45) is 7.05 Å². The van der Waals surface area contributed by atoms with E-state index in [0.717, 1.165) is 18.4 Å². The molecule has 9 heteroatoms. The van der Waals surface area contributed by atoms with E-state index in [0.29, 0.717) is 28.1 Å². The molecule has 0 radical (unpaired) electrons. The quantitative estimate of drug-likeness (QED) is 0.455. The summed E-state index contributed by atoms with van der Waals surface area (Å²) in [5.41, 5.74) is 1.32. The molecule has 0 bridgehead atoms. The van der Waals surface area contributed by atoms with Gasteiger partial charge in [-0.15, -0.1) is 0 Å². The second-order valence-corrected chi connectivity index (χ2v) is 9.34. The van der Waals surface area contributed by atoms with Gasteiger partial charge in [-0.2, -0.15) is 0 Å².